The van der Waals surface area contributed by atoms with E-state index < -0.39 is 11.7 Å². The van der Waals surface area contributed by atoms with Gasteiger partial charge in [0.2, 0.25) is 0 Å². The molecule has 4 heteroatoms. The quantitative estimate of drug-likeness (QED) is 0.748. The van der Waals surface area contributed by atoms with Crippen LogP contribution in [0.3, 0.4) is 0 Å². The van der Waals surface area contributed by atoms with Crippen molar-refractivity contribution >= 4 is 14.7 Å². The van der Waals surface area contributed by atoms with Crippen LogP contribution in [0.4, 0.5) is 13.2 Å². The van der Waals surface area contributed by atoms with Crippen LogP contribution in [-0.4, -0.2) is 9.52 Å². The molecular weight excluding hydrogens is 265 g/mol. The lowest BCUT2D eigenvalue weighted by atomic mass is 10.1. The number of halogens is 3. The molecule has 0 aliphatic rings. The Morgan fingerprint density at radius 3 is 2.32 bits per heavy atom. The predicted molar refractivity (Wildman–Crippen MR) is 71.8 cm³/mol. The monoisotopic (exact) mass is 278 g/mol. The minimum absolute atomic E-state index is 0.562. The fourth-order valence-corrected chi connectivity index (χ4v) is 2.94. The Morgan fingerprint density at radius 2 is 1.63 bits per heavy atom. The smallest absolute Gasteiger partial charge is 0.166 e. The molecule has 0 amide bonds. The molecule has 19 heavy (non-hydrogen) atoms. The van der Waals surface area contributed by atoms with Crippen LogP contribution < -0.4 is 5.19 Å². The van der Waals surface area contributed by atoms with E-state index in [9.17, 15) is 13.2 Å². The van der Waals surface area contributed by atoms with Gasteiger partial charge in [-0.3, -0.25) is 0 Å². The van der Waals surface area contributed by atoms with Gasteiger partial charge in [-0.15, -0.1) is 0 Å². The first-order valence-corrected chi connectivity index (χ1v) is 7.21. The van der Waals surface area contributed by atoms with E-state index in [0.717, 1.165) is 17.7 Å². The zero-order valence-corrected chi connectivity index (χ0v) is 11.2. The van der Waals surface area contributed by atoms with Gasteiger partial charge in [-0.2, -0.15) is 13.2 Å². The molecule has 0 aliphatic carbocycles. The summed E-state index contributed by atoms with van der Waals surface area (Å²) in [6, 6.07) is 16.5. The average molecular weight is 278 g/mol. The lowest BCUT2D eigenvalue weighted by Crippen LogP contribution is -2.13. The highest BCUT2D eigenvalue weighted by atomic mass is 28.2. The molecule has 2 aromatic carbocycles. The second-order valence-corrected chi connectivity index (χ2v) is 5.67. The van der Waals surface area contributed by atoms with Crippen molar-refractivity contribution < 1.29 is 13.2 Å². The molecule has 0 saturated heterocycles. The number of benzene rings is 2. The van der Waals surface area contributed by atoms with E-state index in [4.69, 9.17) is 0 Å². The Kier molecular flexibility index (Phi) is 4.42. The second kappa shape index (κ2) is 6.06. The molecular formula is C15H13F3Si. The van der Waals surface area contributed by atoms with Gasteiger partial charge in [0.25, 0.3) is 0 Å². The summed E-state index contributed by atoms with van der Waals surface area (Å²) in [6.07, 6.45) is -3.57. The fraction of sp³-hybridized carbons (Fsp3) is 0.200. The maximum absolute atomic E-state index is 12.6. The molecule has 0 aromatic heterocycles. The zero-order valence-electron chi connectivity index (χ0n) is 10.2. The van der Waals surface area contributed by atoms with Crippen LogP contribution in [0.15, 0.2) is 54.6 Å². The topological polar surface area (TPSA) is 0 Å². The summed E-state index contributed by atoms with van der Waals surface area (Å²) >= 11 is 0. The summed E-state index contributed by atoms with van der Waals surface area (Å²) in [5, 5.41) is 1.24. The van der Waals surface area contributed by atoms with Crippen LogP contribution >= 0.6 is 0 Å². The van der Waals surface area contributed by atoms with Crippen molar-refractivity contribution in [3.8, 4) is 0 Å². The van der Waals surface area contributed by atoms with Crippen molar-refractivity contribution in [1.29, 1.82) is 0 Å². The Balaban J connectivity index is 1.93. The standard InChI is InChI=1S/C15H13F3Si/c16-15(17,18)13-6-4-5-12(11-13)9-10-19-14-7-2-1-3-8-14/h1-8,11H,9-10H2. The molecule has 2 radical (unpaired) electrons. The van der Waals surface area contributed by atoms with E-state index in [1.165, 1.54) is 17.3 Å². The van der Waals surface area contributed by atoms with E-state index >= 15 is 0 Å². The van der Waals surface area contributed by atoms with Crippen molar-refractivity contribution in [2.75, 3.05) is 0 Å². The Hall–Kier alpha value is -1.55. The first-order chi connectivity index (χ1) is 9.05. The molecule has 0 unspecified atom stereocenters. The van der Waals surface area contributed by atoms with Gasteiger partial charge < -0.3 is 0 Å². The van der Waals surface area contributed by atoms with Crippen molar-refractivity contribution in [3.05, 3.63) is 65.7 Å². The molecule has 0 atom stereocenters. The summed E-state index contributed by atoms with van der Waals surface area (Å²) < 4.78 is 37.7. The molecule has 0 saturated carbocycles. The van der Waals surface area contributed by atoms with Gasteiger partial charge in [0.05, 0.1) is 15.1 Å². The van der Waals surface area contributed by atoms with E-state index in [1.54, 1.807) is 6.07 Å². The number of hydrogen-bond donors (Lipinski definition) is 0. The third-order valence-corrected chi connectivity index (χ3v) is 4.01. The SMILES string of the molecule is FC(F)(F)c1cccc(CC[Si]c2ccccc2)c1. The second-order valence-electron chi connectivity index (χ2n) is 4.24. The highest BCUT2D eigenvalue weighted by molar-refractivity contribution is 6.53. The van der Waals surface area contributed by atoms with Crippen LogP contribution in [0.2, 0.25) is 6.04 Å². The van der Waals surface area contributed by atoms with E-state index in [0.29, 0.717) is 15.9 Å². The maximum atomic E-state index is 12.6. The molecule has 0 bridgehead atoms. The number of rotatable bonds is 4. The van der Waals surface area contributed by atoms with E-state index in [-0.39, 0.29) is 0 Å². The van der Waals surface area contributed by atoms with Crippen molar-refractivity contribution in [2.24, 2.45) is 0 Å². The number of aryl methyl sites for hydroxylation is 1. The Morgan fingerprint density at radius 1 is 0.895 bits per heavy atom. The van der Waals surface area contributed by atoms with Gasteiger partial charge in [-0.05, 0) is 18.1 Å². The van der Waals surface area contributed by atoms with Crippen LogP contribution in [0.1, 0.15) is 11.1 Å². The summed E-state index contributed by atoms with van der Waals surface area (Å²) in [5.74, 6) is 0. The molecule has 0 N–H and O–H groups in total. The third-order valence-electron chi connectivity index (χ3n) is 2.77. The van der Waals surface area contributed by atoms with Gasteiger partial charge in [0.15, 0.2) is 0 Å². The van der Waals surface area contributed by atoms with Crippen molar-refractivity contribution in [3.63, 3.8) is 0 Å². The number of alkyl halides is 3. The third kappa shape index (κ3) is 4.24. The summed E-state index contributed by atoms with van der Waals surface area (Å²) in [6.45, 7) is 0. The van der Waals surface area contributed by atoms with Gasteiger partial charge in [0.1, 0.15) is 0 Å². The first-order valence-electron chi connectivity index (χ1n) is 6.01. The van der Waals surface area contributed by atoms with Crippen LogP contribution in [0.25, 0.3) is 0 Å². The lowest BCUT2D eigenvalue weighted by molar-refractivity contribution is -0.137. The molecule has 0 heterocycles. The normalized spacial score (nSPS) is 11.5. The van der Waals surface area contributed by atoms with Crippen molar-refractivity contribution in [2.45, 2.75) is 18.6 Å². The predicted octanol–water partition coefficient (Wildman–Crippen LogP) is 3.70. The van der Waals surface area contributed by atoms with E-state index in [2.05, 4.69) is 0 Å². The molecule has 2 aromatic rings. The minimum Gasteiger partial charge on any atom is -0.166 e. The molecule has 0 nitrogen and oxygen atoms in total. The maximum Gasteiger partial charge on any atom is 0.416 e. The van der Waals surface area contributed by atoms with E-state index in [1.807, 2.05) is 30.3 Å². The highest BCUT2D eigenvalue weighted by Crippen LogP contribution is 2.29. The molecule has 2 rings (SSSR count). The molecule has 0 spiro atoms. The highest BCUT2D eigenvalue weighted by Gasteiger charge is 2.30. The fourth-order valence-electron chi connectivity index (χ4n) is 1.81. The average Bonchev–Trinajstić information content (AvgIpc) is 2.39. The zero-order chi connectivity index (χ0) is 13.7. The first kappa shape index (κ1) is 13.9. The van der Waals surface area contributed by atoms with Gasteiger partial charge in [0, 0.05) is 0 Å². The van der Waals surface area contributed by atoms with Crippen LogP contribution in [0, 0.1) is 0 Å². The molecule has 0 aliphatic heterocycles. The van der Waals surface area contributed by atoms with Crippen LogP contribution in [-0.2, 0) is 12.6 Å². The number of hydrogen-bond acceptors (Lipinski definition) is 0. The van der Waals surface area contributed by atoms with Crippen molar-refractivity contribution in [1.82, 2.24) is 0 Å². The lowest BCUT2D eigenvalue weighted by Gasteiger charge is -2.08. The summed E-state index contributed by atoms with van der Waals surface area (Å²) in [7, 11) is 0.632. The Bertz CT molecular complexity index is 520. The van der Waals surface area contributed by atoms with Gasteiger partial charge >= 0.3 is 6.18 Å². The largest absolute Gasteiger partial charge is 0.416 e. The summed E-state index contributed by atoms with van der Waals surface area (Å²) in [4.78, 5) is 0. The van der Waals surface area contributed by atoms with Gasteiger partial charge in [-0.25, -0.2) is 0 Å². The molecule has 98 valence electrons. The summed E-state index contributed by atoms with van der Waals surface area (Å²) in [5.41, 5.74) is 0.186. The Labute approximate surface area is 113 Å². The molecule has 0 fully saturated rings. The van der Waals surface area contributed by atoms with Crippen LogP contribution in [0.5, 0.6) is 0 Å². The van der Waals surface area contributed by atoms with Gasteiger partial charge in [-0.1, -0.05) is 59.8 Å². The minimum atomic E-state index is -4.25.